The molecule has 0 saturated heterocycles. The van der Waals surface area contributed by atoms with E-state index in [1.54, 1.807) is 35.8 Å². The fraction of sp³-hybridized carbons (Fsp3) is 0.0909. The van der Waals surface area contributed by atoms with Crippen molar-refractivity contribution in [3.05, 3.63) is 93.9 Å². The molecule has 31 heavy (non-hydrogen) atoms. The number of para-hydroxylation sites is 1. The number of esters is 1. The Morgan fingerprint density at radius 2 is 1.77 bits per heavy atom. The van der Waals surface area contributed by atoms with E-state index in [4.69, 9.17) is 9.47 Å². The molecule has 0 aliphatic heterocycles. The zero-order chi connectivity index (χ0) is 21.6. The molecule has 0 aliphatic rings. The van der Waals surface area contributed by atoms with E-state index in [9.17, 15) is 14.4 Å². The molecule has 1 N–H and O–H groups in total. The maximum absolute atomic E-state index is 12.2. The highest BCUT2D eigenvalue weighted by Crippen LogP contribution is 2.21. The molecular formula is C22H17N3O5S. The quantitative estimate of drug-likeness (QED) is 0.448. The Morgan fingerprint density at radius 1 is 1.03 bits per heavy atom. The van der Waals surface area contributed by atoms with E-state index in [1.165, 1.54) is 21.8 Å². The molecule has 0 bridgehead atoms. The summed E-state index contributed by atoms with van der Waals surface area (Å²) in [4.78, 5) is 40.9. The summed E-state index contributed by atoms with van der Waals surface area (Å²) in [5.41, 5.74) is 0.484. The van der Waals surface area contributed by atoms with Crippen molar-refractivity contribution in [1.29, 1.82) is 0 Å². The van der Waals surface area contributed by atoms with Crippen LogP contribution in [0.4, 0.5) is 0 Å². The number of nitrogens with one attached hydrogen (secondary N) is 1. The van der Waals surface area contributed by atoms with Crippen molar-refractivity contribution in [2.75, 3.05) is 6.54 Å². The zero-order valence-electron chi connectivity index (χ0n) is 16.2. The van der Waals surface area contributed by atoms with Gasteiger partial charge in [0.15, 0.2) is 4.96 Å². The Morgan fingerprint density at radius 3 is 2.55 bits per heavy atom. The van der Waals surface area contributed by atoms with Gasteiger partial charge in [0.25, 0.3) is 11.5 Å². The van der Waals surface area contributed by atoms with Crippen molar-refractivity contribution < 1.29 is 19.1 Å². The highest BCUT2D eigenvalue weighted by atomic mass is 32.1. The Kier molecular flexibility index (Phi) is 6.04. The van der Waals surface area contributed by atoms with Crippen molar-refractivity contribution in [3.8, 4) is 11.5 Å². The molecule has 1 amide bonds. The SMILES string of the molecule is O=C(CNC(=O)c1ccc(Oc2ccccc2)cc1)OCc1cc(=O)n2ccsc2n1. The summed E-state index contributed by atoms with van der Waals surface area (Å²) in [7, 11) is 0. The Bertz CT molecular complexity index is 1270. The van der Waals surface area contributed by atoms with Crippen LogP contribution in [0.5, 0.6) is 11.5 Å². The van der Waals surface area contributed by atoms with Crippen LogP contribution in [-0.2, 0) is 16.1 Å². The number of hydrogen-bond donors (Lipinski definition) is 1. The van der Waals surface area contributed by atoms with Crippen LogP contribution in [0.2, 0.25) is 0 Å². The lowest BCUT2D eigenvalue weighted by atomic mass is 10.2. The van der Waals surface area contributed by atoms with Crippen LogP contribution in [0, 0.1) is 0 Å². The molecule has 0 aliphatic carbocycles. The third-order valence-electron chi connectivity index (χ3n) is 4.23. The van der Waals surface area contributed by atoms with Gasteiger partial charge in [-0.2, -0.15) is 0 Å². The molecule has 4 rings (SSSR count). The van der Waals surface area contributed by atoms with Crippen molar-refractivity contribution in [2.45, 2.75) is 6.61 Å². The first-order chi connectivity index (χ1) is 15.1. The summed E-state index contributed by atoms with van der Waals surface area (Å²) in [5, 5.41) is 4.25. The first-order valence-corrected chi connectivity index (χ1v) is 10.2. The number of nitrogens with zero attached hydrogens (tertiary/aromatic N) is 2. The summed E-state index contributed by atoms with van der Waals surface area (Å²) in [6.07, 6.45) is 1.63. The molecule has 0 radical (unpaired) electrons. The summed E-state index contributed by atoms with van der Waals surface area (Å²) in [5.74, 6) is 0.233. The van der Waals surface area contributed by atoms with Crippen molar-refractivity contribution >= 4 is 28.2 Å². The molecule has 2 aromatic carbocycles. The highest BCUT2D eigenvalue weighted by Gasteiger charge is 2.11. The lowest BCUT2D eigenvalue weighted by molar-refractivity contribution is -0.143. The standard InChI is InChI=1S/C22H17N3O5S/c26-19-12-16(24-22-25(19)10-11-31-22)14-29-20(27)13-23-21(28)15-6-8-18(9-7-15)30-17-4-2-1-3-5-17/h1-12H,13-14H2,(H,23,28). The van der Waals surface area contributed by atoms with E-state index in [-0.39, 0.29) is 18.7 Å². The maximum Gasteiger partial charge on any atom is 0.325 e. The van der Waals surface area contributed by atoms with Crippen LogP contribution in [0.1, 0.15) is 16.1 Å². The smallest absolute Gasteiger partial charge is 0.325 e. The summed E-state index contributed by atoms with van der Waals surface area (Å²) in [6.45, 7) is -0.453. The number of thiazole rings is 1. The van der Waals surface area contributed by atoms with Gasteiger partial charge in [0.05, 0.1) is 5.69 Å². The first kappa shape index (κ1) is 20.3. The molecule has 2 heterocycles. The topological polar surface area (TPSA) is 99.0 Å². The fourth-order valence-electron chi connectivity index (χ4n) is 2.72. The van der Waals surface area contributed by atoms with Gasteiger partial charge < -0.3 is 14.8 Å². The Hall–Kier alpha value is -3.98. The van der Waals surface area contributed by atoms with Crippen LogP contribution < -0.4 is 15.6 Å². The number of amides is 1. The molecule has 2 aromatic heterocycles. The molecule has 0 saturated carbocycles. The average Bonchev–Trinajstić information content (AvgIpc) is 3.27. The van der Waals surface area contributed by atoms with Gasteiger partial charge >= 0.3 is 5.97 Å². The van der Waals surface area contributed by atoms with E-state index < -0.39 is 11.9 Å². The number of carbonyl (C=O) groups excluding carboxylic acids is 2. The number of carbonyl (C=O) groups is 2. The third kappa shape index (κ3) is 5.14. The number of ether oxygens (including phenoxy) is 2. The van der Waals surface area contributed by atoms with Gasteiger partial charge in [-0.05, 0) is 36.4 Å². The van der Waals surface area contributed by atoms with Crippen molar-refractivity contribution in [3.63, 3.8) is 0 Å². The van der Waals surface area contributed by atoms with Gasteiger partial charge in [-0.1, -0.05) is 18.2 Å². The number of hydrogen-bond acceptors (Lipinski definition) is 7. The molecule has 156 valence electrons. The number of fused-ring (bicyclic) bond motifs is 1. The van der Waals surface area contributed by atoms with Crippen molar-refractivity contribution in [1.82, 2.24) is 14.7 Å². The van der Waals surface area contributed by atoms with Crippen LogP contribution in [0.15, 0.2) is 77.0 Å². The van der Waals surface area contributed by atoms with Gasteiger partial charge in [-0.3, -0.25) is 18.8 Å². The van der Waals surface area contributed by atoms with E-state index >= 15 is 0 Å². The predicted octanol–water partition coefficient (Wildman–Crippen LogP) is 3.02. The summed E-state index contributed by atoms with van der Waals surface area (Å²) in [6, 6.07) is 17.1. The summed E-state index contributed by atoms with van der Waals surface area (Å²) < 4.78 is 12.2. The van der Waals surface area contributed by atoms with Gasteiger partial charge in [-0.25, -0.2) is 4.98 Å². The number of rotatable bonds is 7. The fourth-order valence-corrected chi connectivity index (χ4v) is 3.46. The molecular weight excluding hydrogens is 418 g/mol. The molecule has 0 spiro atoms. The summed E-state index contributed by atoms with van der Waals surface area (Å²) >= 11 is 1.31. The monoisotopic (exact) mass is 435 g/mol. The van der Waals surface area contributed by atoms with E-state index in [0.29, 0.717) is 27.7 Å². The van der Waals surface area contributed by atoms with Gasteiger partial charge in [0.2, 0.25) is 0 Å². The Balaban J connectivity index is 1.26. The van der Waals surface area contributed by atoms with Gasteiger partial charge in [0, 0.05) is 23.2 Å². The molecule has 4 aromatic rings. The minimum atomic E-state index is -0.634. The maximum atomic E-state index is 12.2. The lowest BCUT2D eigenvalue weighted by Crippen LogP contribution is -2.30. The minimum absolute atomic E-state index is 0.149. The predicted molar refractivity (Wildman–Crippen MR) is 114 cm³/mol. The number of benzene rings is 2. The normalized spacial score (nSPS) is 10.6. The van der Waals surface area contributed by atoms with Gasteiger partial charge in [-0.15, -0.1) is 11.3 Å². The van der Waals surface area contributed by atoms with Crippen LogP contribution in [0.3, 0.4) is 0 Å². The van der Waals surface area contributed by atoms with Gasteiger partial charge in [0.1, 0.15) is 24.7 Å². The second-order valence-electron chi connectivity index (χ2n) is 6.42. The molecule has 9 heteroatoms. The van der Waals surface area contributed by atoms with Crippen molar-refractivity contribution in [2.24, 2.45) is 0 Å². The zero-order valence-corrected chi connectivity index (χ0v) is 17.0. The van der Waals surface area contributed by atoms with E-state index in [2.05, 4.69) is 10.3 Å². The second-order valence-corrected chi connectivity index (χ2v) is 7.30. The van der Waals surface area contributed by atoms with E-state index in [0.717, 1.165) is 0 Å². The van der Waals surface area contributed by atoms with Crippen LogP contribution in [-0.4, -0.2) is 27.8 Å². The molecule has 0 atom stereocenters. The second kappa shape index (κ2) is 9.23. The first-order valence-electron chi connectivity index (χ1n) is 9.31. The largest absolute Gasteiger partial charge is 0.458 e. The third-order valence-corrected chi connectivity index (χ3v) is 4.98. The average molecular weight is 435 g/mol. The minimum Gasteiger partial charge on any atom is -0.458 e. The Labute approximate surface area is 180 Å². The van der Waals surface area contributed by atoms with Crippen LogP contribution in [0.25, 0.3) is 4.96 Å². The van der Waals surface area contributed by atoms with E-state index in [1.807, 2.05) is 30.3 Å². The number of aromatic nitrogens is 2. The lowest BCUT2D eigenvalue weighted by Gasteiger charge is -2.08. The molecule has 8 nitrogen and oxygen atoms in total. The highest BCUT2D eigenvalue weighted by molar-refractivity contribution is 7.15. The van der Waals surface area contributed by atoms with Crippen LogP contribution >= 0.6 is 11.3 Å². The molecule has 0 unspecified atom stereocenters. The molecule has 0 fully saturated rings.